The Balaban J connectivity index is 1.90. The molecule has 0 saturated carbocycles. The highest BCUT2D eigenvalue weighted by atomic mass is 16.6. The van der Waals surface area contributed by atoms with Gasteiger partial charge in [-0.05, 0) is 59.7 Å². The number of rotatable bonds is 10. The van der Waals surface area contributed by atoms with E-state index in [4.69, 9.17) is 14.2 Å². The Bertz CT molecular complexity index is 1340. The van der Waals surface area contributed by atoms with Crippen LogP contribution in [0.25, 0.3) is 24.3 Å². The molecule has 0 bridgehead atoms. The van der Waals surface area contributed by atoms with E-state index in [0.717, 1.165) is 16.9 Å². The highest BCUT2D eigenvalue weighted by molar-refractivity contribution is 6.05. The van der Waals surface area contributed by atoms with Gasteiger partial charge in [0.1, 0.15) is 23.0 Å². The molecule has 0 fully saturated rings. The van der Waals surface area contributed by atoms with Crippen molar-refractivity contribution in [3.63, 3.8) is 0 Å². The van der Waals surface area contributed by atoms with Crippen LogP contribution in [0.3, 0.4) is 0 Å². The lowest BCUT2D eigenvalue weighted by atomic mass is 10.0. The molecule has 0 atom stereocenters. The van der Waals surface area contributed by atoms with E-state index in [1.165, 1.54) is 43.5 Å². The Hall–Kier alpha value is -4.85. The predicted octanol–water partition coefficient (Wildman–Crippen LogP) is 5.79. The highest BCUT2D eigenvalue weighted by Gasteiger charge is 2.10. The summed E-state index contributed by atoms with van der Waals surface area (Å²) >= 11 is 0. The standard InChI is InChI=1S/C28H25NO7/c1-34-24-12-5-19(6-13-24)4-7-20-17-25(35-2)18-28(36-3)26(20)14-11-23(30)10-8-21-16-22(29(32)33)9-15-27(21)31/h4-18,31H,1-3H3/b7-4+,10-8+,14-11+. The third-order valence-corrected chi connectivity index (χ3v) is 5.24. The summed E-state index contributed by atoms with van der Waals surface area (Å²) in [5.41, 5.74) is 2.33. The molecule has 0 aliphatic heterocycles. The normalized spacial score (nSPS) is 11.3. The van der Waals surface area contributed by atoms with Gasteiger partial charge in [-0.1, -0.05) is 24.3 Å². The van der Waals surface area contributed by atoms with Crippen LogP contribution in [0.15, 0.2) is 66.7 Å². The second-order valence-corrected chi connectivity index (χ2v) is 7.51. The summed E-state index contributed by atoms with van der Waals surface area (Å²) in [6, 6.07) is 14.7. The van der Waals surface area contributed by atoms with Crippen molar-refractivity contribution in [2.45, 2.75) is 0 Å². The van der Waals surface area contributed by atoms with Crippen LogP contribution in [-0.4, -0.2) is 37.1 Å². The van der Waals surface area contributed by atoms with E-state index in [9.17, 15) is 20.0 Å². The molecule has 0 saturated heterocycles. The van der Waals surface area contributed by atoms with Gasteiger partial charge in [0, 0.05) is 29.3 Å². The molecule has 3 aromatic carbocycles. The first-order chi connectivity index (χ1) is 17.3. The van der Waals surface area contributed by atoms with Crippen molar-refractivity contribution in [1.29, 1.82) is 0 Å². The van der Waals surface area contributed by atoms with Gasteiger partial charge in [-0.2, -0.15) is 0 Å². The molecule has 36 heavy (non-hydrogen) atoms. The van der Waals surface area contributed by atoms with Crippen LogP contribution in [0.1, 0.15) is 22.3 Å². The number of nitrogens with zero attached hydrogens (tertiary/aromatic N) is 1. The molecular weight excluding hydrogens is 462 g/mol. The second kappa shape index (κ2) is 12.0. The van der Waals surface area contributed by atoms with Gasteiger partial charge >= 0.3 is 0 Å². The van der Waals surface area contributed by atoms with Crippen LogP contribution in [0.2, 0.25) is 0 Å². The van der Waals surface area contributed by atoms with E-state index in [2.05, 4.69) is 0 Å². The van der Waals surface area contributed by atoms with Crippen molar-refractivity contribution >= 4 is 35.8 Å². The lowest BCUT2D eigenvalue weighted by Crippen LogP contribution is -1.94. The van der Waals surface area contributed by atoms with E-state index in [1.54, 1.807) is 26.4 Å². The predicted molar refractivity (Wildman–Crippen MR) is 139 cm³/mol. The zero-order valence-corrected chi connectivity index (χ0v) is 20.0. The minimum atomic E-state index is -0.574. The van der Waals surface area contributed by atoms with E-state index in [0.29, 0.717) is 17.1 Å². The van der Waals surface area contributed by atoms with Crippen LogP contribution in [-0.2, 0) is 4.79 Å². The molecule has 3 aromatic rings. The van der Waals surface area contributed by atoms with Gasteiger partial charge in [-0.25, -0.2) is 0 Å². The van der Waals surface area contributed by atoms with Crippen LogP contribution in [0.4, 0.5) is 5.69 Å². The van der Waals surface area contributed by atoms with E-state index >= 15 is 0 Å². The highest BCUT2D eigenvalue weighted by Crippen LogP contribution is 2.31. The molecule has 184 valence electrons. The van der Waals surface area contributed by atoms with Crippen LogP contribution >= 0.6 is 0 Å². The summed E-state index contributed by atoms with van der Waals surface area (Å²) in [4.78, 5) is 22.9. The number of methoxy groups -OCH3 is 3. The zero-order chi connectivity index (χ0) is 26.1. The maximum Gasteiger partial charge on any atom is 0.270 e. The quantitative estimate of drug-likeness (QED) is 0.167. The minimum absolute atomic E-state index is 0.163. The molecule has 0 amide bonds. The first-order valence-electron chi connectivity index (χ1n) is 10.8. The van der Waals surface area contributed by atoms with Crippen LogP contribution < -0.4 is 14.2 Å². The summed E-state index contributed by atoms with van der Waals surface area (Å²) in [6.07, 6.45) is 9.31. The maximum atomic E-state index is 12.5. The number of ether oxygens (including phenoxy) is 3. The van der Waals surface area contributed by atoms with E-state index < -0.39 is 4.92 Å². The van der Waals surface area contributed by atoms with Crippen molar-refractivity contribution in [1.82, 2.24) is 0 Å². The van der Waals surface area contributed by atoms with Gasteiger partial charge in [0.15, 0.2) is 5.78 Å². The fraction of sp³-hybridized carbons (Fsp3) is 0.107. The van der Waals surface area contributed by atoms with Crippen molar-refractivity contribution in [2.24, 2.45) is 0 Å². The fourth-order valence-electron chi connectivity index (χ4n) is 3.31. The Labute approximate surface area is 208 Å². The summed E-state index contributed by atoms with van der Waals surface area (Å²) in [7, 11) is 4.68. The molecule has 0 aliphatic rings. The molecular formula is C28H25NO7. The topological polar surface area (TPSA) is 108 Å². The SMILES string of the molecule is COc1ccc(/C=C/c2cc(OC)cc(OC)c2/C=C/C(=O)/C=C/c2cc([N+](=O)[O-])ccc2O)cc1. The molecule has 0 radical (unpaired) electrons. The van der Waals surface area contributed by atoms with Crippen LogP contribution in [0, 0.1) is 10.1 Å². The molecule has 0 aliphatic carbocycles. The minimum Gasteiger partial charge on any atom is -0.507 e. The molecule has 3 rings (SSSR count). The summed E-state index contributed by atoms with van der Waals surface area (Å²) < 4.78 is 16.1. The number of carbonyl (C=O) groups is 1. The van der Waals surface area contributed by atoms with E-state index in [1.807, 2.05) is 42.5 Å². The number of allylic oxidation sites excluding steroid dienone is 2. The van der Waals surface area contributed by atoms with Gasteiger partial charge in [-0.15, -0.1) is 0 Å². The molecule has 8 heteroatoms. The van der Waals surface area contributed by atoms with Gasteiger partial charge in [-0.3, -0.25) is 14.9 Å². The first kappa shape index (κ1) is 25.8. The average Bonchev–Trinajstić information content (AvgIpc) is 2.90. The lowest BCUT2D eigenvalue weighted by Gasteiger charge is -2.11. The Morgan fingerprint density at radius 3 is 2.14 bits per heavy atom. The lowest BCUT2D eigenvalue weighted by molar-refractivity contribution is -0.384. The van der Waals surface area contributed by atoms with Crippen molar-refractivity contribution in [3.8, 4) is 23.0 Å². The number of carbonyl (C=O) groups excluding carboxylic acids is 1. The van der Waals surface area contributed by atoms with Crippen molar-refractivity contribution in [2.75, 3.05) is 21.3 Å². The van der Waals surface area contributed by atoms with E-state index in [-0.39, 0.29) is 22.8 Å². The Morgan fingerprint density at radius 2 is 1.50 bits per heavy atom. The third kappa shape index (κ3) is 6.60. The monoisotopic (exact) mass is 487 g/mol. The molecule has 0 unspecified atom stereocenters. The maximum absolute atomic E-state index is 12.5. The van der Waals surface area contributed by atoms with Crippen molar-refractivity contribution in [3.05, 3.63) is 99.1 Å². The first-order valence-corrected chi connectivity index (χ1v) is 10.8. The number of hydrogen-bond donors (Lipinski definition) is 1. The molecule has 8 nitrogen and oxygen atoms in total. The second-order valence-electron chi connectivity index (χ2n) is 7.51. The van der Waals surface area contributed by atoms with Gasteiger partial charge < -0.3 is 19.3 Å². The number of hydrogen-bond acceptors (Lipinski definition) is 7. The number of nitro groups is 1. The zero-order valence-electron chi connectivity index (χ0n) is 20.0. The van der Waals surface area contributed by atoms with Gasteiger partial charge in [0.25, 0.3) is 5.69 Å². The molecule has 1 N–H and O–H groups in total. The number of aromatic hydroxyl groups is 1. The van der Waals surface area contributed by atoms with Gasteiger partial charge in [0.05, 0.1) is 26.3 Å². The number of non-ortho nitro benzene ring substituents is 1. The fourth-order valence-corrected chi connectivity index (χ4v) is 3.31. The van der Waals surface area contributed by atoms with Crippen molar-refractivity contribution < 1.29 is 29.0 Å². The summed E-state index contributed by atoms with van der Waals surface area (Å²) in [5, 5.41) is 20.9. The molecule has 0 spiro atoms. The largest absolute Gasteiger partial charge is 0.507 e. The third-order valence-electron chi connectivity index (χ3n) is 5.24. The number of phenols is 1. The smallest absolute Gasteiger partial charge is 0.270 e. The number of nitro benzene ring substituents is 1. The Kier molecular flexibility index (Phi) is 8.61. The summed E-state index contributed by atoms with van der Waals surface area (Å²) in [5.74, 6) is 1.29. The summed E-state index contributed by atoms with van der Waals surface area (Å²) in [6.45, 7) is 0. The molecule has 0 heterocycles. The van der Waals surface area contributed by atoms with Crippen LogP contribution in [0.5, 0.6) is 23.0 Å². The Morgan fingerprint density at radius 1 is 0.806 bits per heavy atom. The average molecular weight is 488 g/mol. The van der Waals surface area contributed by atoms with Gasteiger partial charge in [0.2, 0.25) is 0 Å². The number of ketones is 1. The number of phenolic OH excluding ortho intramolecular Hbond substituents is 1. The molecule has 0 aromatic heterocycles. The number of benzene rings is 3.